The third-order valence-electron chi connectivity index (χ3n) is 1.66. The number of hydrogen-bond donors (Lipinski definition) is 0. The van der Waals surface area contributed by atoms with E-state index in [4.69, 9.17) is 4.42 Å². The van der Waals surface area contributed by atoms with E-state index in [1.165, 1.54) is 5.08 Å². The van der Waals surface area contributed by atoms with Crippen LogP contribution in [-0.4, -0.2) is 8.80 Å². The van der Waals surface area contributed by atoms with Gasteiger partial charge in [-0.25, -0.2) is 0 Å². The fourth-order valence-corrected chi connectivity index (χ4v) is 5.88. The van der Waals surface area contributed by atoms with Gasteiger partial charge in [-0.05, 0) is 12.1 Å². The van der Waals surface area contributed by atoms with Crippen LogP contribution in [0.4, 0.5) is 0 Å². The Balaban J connectivity index is 1.70. The van der Waals surface area contributed by atoms with Crippen molar-refractivity contribution < 1.29 is 4.42 Å². The molecule has 2 aliphatic rings. The largest absolute Gasteiger partial charge is 0.468 e. The average molecular weight is 173 g/mol. The van der Waals surface area contributed by atoms with Crippen molar-refractivity contribution in [2.75, 3.05) is 5.08 Å². The standard InChI is InChI=1S/C6H7NOS2/c1-2-6(8-3-1)4-7-9-5-10(7)9/h1-3H,4-5H2. The molecule has 0 radical (unpaired) electrons. The predicted molar refractivity (Wildman–Crippen MR) is 43.8 cm³/mol. The fraction of sp³-hybridized carbons (Fsp3) is 0.333. The van der Waals surface area contributed by atoms with Crippen molar-refractivity contribution >= 4 is 19.3 Å². The highest BCUT2D eigenvalue weighted by atomic mass is 33.0. The molecule has 0 aromatic carbocycles. The summed E-state index contributed by atoms with van der Waals surface area (Å²) in [5.74, 6) is 1.12. The topological polar surface area (TPSA) is 16.1 Å². The first-order valence-electron chi connectivity index (χ1n) is 3.17. The molecule has 3 rings (SSSR count). The van der Waals surface area contributed by atoms with Gasteiger partial charge in [0.15, 0.2) is 0 Å². The summed E-state index contributed by atoms with van der Waals surface area (Å²) in [6, 6.07) is 4.00. The molecule has 10 heavy (non-hydrogen) atoms. The van der Waals surface area contributed by atoms with Gasteiger partial charge in [-0.3, -0.25) is 0 Å². The van der Waals surface area contributed by atoms with Crippen molar-refractivity contribution in [1.82, 2.24) is 3.71 Å². The average Bonchev–Trinajstić information content (AvgIpc) is 2.76. The highest BCUT2D eigenvalue weighted by Crippen LogP contribution is 2.40. The van der Waals surface area contributed by atoms with Crippen LogP contribution in [0, 0.1) is 0 Å². The molecule has 0 aliphatic carbocycles. The molecule has 0 fully saturated rings. The van der Waals surface area contributed by atoms with Crippen molar-refractivity contribution in [1.29, 1.82) is 0 Å². The van der Waals surface area contributed by atoms with Gasteiger partial charge >= 0.3 is 0 Å². The van der Waals surface area contributed by atoms with E-state index >= 15 is 0 Å². The SMILES string of the molecule is c1coc(CN2S3=S2C3)c1. The lowest BCUT2D eigenvalue weighted by Crippen LogP contribution is -2.12. The summed E-state index contributed by atoms with van der Waals surface area (Å²) in [5.41, 5.74) is 0. The Kier molecular flexibility index (Phi) is 0.976. The number of nitrogens with zero attached hydrogens (tertiary/aromatic N) is 1. The molecule has 1 aromatic heterocycles. The van der Waals surface area contributed by atoms with Crippen LogP contribution in [0.3, 0.4) is 0 Å². The van der Waals surface area contributed by atoms with Gasteiger partial charge in [0.2, 0.25) is 0 Å². The normalized spacial score (nSPS) is 41.0. The van der Waals surface area contributed by atoms with E-state index in [2.05, 4.69) is 3.71 Å². The molecule has 3 heterocycles. The van der Waals surface area contributed by atoms with Gasteiger partial charge in [0.1, 0.15) is 5.76 Å². The second kappa shape index (κ2) is 1.75. The maximum atomic E-state index is 5.22. The molecule has 0 bridgehead atoms. The van der Waals surface area contributed by atoms with Crippen LogP contribution in [0.1, 0.15) is 5.76 Å². The van der Waals surface area contributed by atoms with Gasteiger partial charge in [0, 0.05) is 0 Å². The van der Waals surface area contributed by atoms with Crippen LogP contribution in [0.15, 0.2) is 22.8 Å². The van der Waals surface area contributed by atoms with Crippen molar-refractivity contribution in [3.8, 4) is 0 Å². The minimum atomic E-state index is 0.734. The monoisotopic (exact) mass is 173 g/mol. The van der Waals surface area contributed by atoms with E-state index in [1.807, 2.05) is 12.1 Å². The zero-order valence-corrected chi connectivity index (χ0v) is 6.95. The molecule has 0 N–H and O–H groups in total. The van der Waals surface area contributed by atoms with E-state index in [-0.39, 0.29) is 0 Å². The molecule has 0 saturated heterocycles. The molecular weight excluding hydrogens is 166 g/mol. The first kappa shape index (κ1) is 5.57. The minimum Gasteiger partial charge on any atom is -0.468 e. The van der Waals surface area contributed by atoms with Crippen LogP contribution < -0.4 is 0 Å². The van der Waals surface area contributed by atoms with Gasteiger partial charge in [0.25, 0.3) is 0 Å². The van der Waals surface area contributed by atoms with E-state index in [0.29, 0.717) is 0 Å². The van der Waals surface area contributed by atoms with Gasteiger partial charge in [-0.2, -0.15) is 3.71 Å². The number of rotatable bonds is 2. The smallest absolute Gasteiger partial charge is 0.119 e. The molecule has 2 aliphatic heterocycles. The van der Waals surface area contributed by atoms with Crippen molar-refractivity contribution in [3.63, 3.8) is 0 Å². The Hall–Kier alpha value is -0.0600. The third kappa shape index (κ3) is 0.727. The van der Waals surface area contributed by atoms with Crippen LogP contribution in [-0.2, 0) is 25.8 Å². The molecule has 0 spiro atoms. The summed E-state index contributed by atoms with van der Waals surface area (Å²) < 4.78 is 7.73. The Morgan fingerprint density at radius 1 is 1.60 bits per heavy atom. The van der Waals surface area contributed by atoms with Crippen LogP contribution >= 0.6 is 0 Å². The quantitative estimate of drug-likeness (QED) is 0.664. The molecule has 2 unspecified atom stereocenters. The summed E-state index contributed by atoms with van der Waals surface area (Å²) in [7, 11) is 1.47. The van der Waals surface area contributed by atoms with Gasteiger partial charge in [0.05, 0.1) is 17.9 Å². The molecule has 0 saturated carbocycles. The summed E-state index contributed by atoms with van der Waals surface area (Å²) in [6.45, 7) is 1.05. The zero-order chi connectivity index (χ0) is 6.55. The van der Waals surface area contributed by atoms with Gasteiger partial charge < -0.3 is 4.42 Å². The molecule has 54 valence electrons. The molecule has 1 aromatic rings. The van der Waals surface area contributed by atoms with Crippen molar-refractivity contribution in [2.24, 2.45) is 0 Å². The van der Waals surface area contributed by atoms with Gasteiger partial charge in [-0.1, -0.05) is 19.3 Å². The highest BCUT2D eigenvalue weighted by Gasteiger charge is 2.45. The first-order valence-corrected chi connectivity index (χ1v) is 6.39. The Morgan fingerprint density at radius 2 is 2.50 bits per heavy atom. The number of furan rings is 1. The first-order chi connectivity index (χ1) is 4.95. The summed E-state index contributed by atoms with van der Waals surface area (Å²) >= 11 is 0. The van der Waals surface area contributed by atoms with E-state index in [9.17, 15) is 0 Å². The summed E-state index contributed by atoms with van der Waals surface area (Å²) in [4.78, 5) is 0. The number of hydrogen-bond acceptors (Lipinski definition) is 2. The maximum Gasteiger partial charge on any atom is 0.119 e. The molecule has 0 amide bonds. The molecule has 2 nitrogen and oxygen atoms in total. The third-order valence-corrected chi connectivity index (χ3v) is 7.20. The Bertz CT molecular complexity index is 292. The summed E-state index contributed by atoms with van der Waals surface area (Å²) in [5, 5.41) is 1.49. The van der Waals surface area contributed by atoms with E-state index < -0.39 is 0 Å². The van der Waals surface area contributed by atoms with Gasteiger partial charge in [-0.15, -0.1) is 0 Å². The van der Waals surface area contributed by atoms with E-state index in [0.717, 1.165) is 31.6 Å². The lowest BCUT2D eigenvalue weighted by molar-refractivity contribution is 0.482. The van der Waals surface area contributed by atoms with Crippen LogP contribution in [0.5, 0.6) is 0 Å². The second-order valence-corrected chi connectivity index (χ2v) is 7.98. The lowest BCUT2D eigenvalue weighted by Gasteiger charge is -2.05. The summed E-state index contributed by atoms with van der Waals surface area (Å²) in [6.07, 6.45) is 1.75. The lowest BCUT2D eigenvalue weighted by atomic mass is 10.5. The Labute approximate surface area is 63.6 Å². The second-order valence-electron chi connectivity index (χ2n) is 2.33. The fourth-order valence-electron chi connectivity index (χ4n) is 0.985. The highest BCUT2D eigenvalue weighted by molar-refractivity contribution is 8.71. The Morgan fingerprint density at radius 3 is 3.00 bits per heavy atom. The predicted octanol–water partition coefficient (Wildman–Crippen LogP) is 1.05. The van der Waals surface area contributed by atoms with Crippen molar-refractivity contribution in [3.05, 3.63) is 24.2 Å². The maximum absolute atomic E-state index is 5.22. The minimum absolute atomic E-state index is 0.734. The van der Waals surface area contributed by atoms with Crippen molar-refractivity contribution in [2.45, 2.75) is 6.54 Å². The van der Waals surface area contributed by atoms with Crippen LogP contribution in [0.2, 0.25) is 0 Å². The zero-order valence-electron chi connectivity index (χ0n) is 5.32. The molecular formula is C6H7NOS2. The van der Waals surface area contributed by atoms with E-state index in [1.54, 1.807) is 6.26 Å². The molecule has 4 heteroatoms. The van der Waals surface area contributed by atoms with Crippen LogP contribution in [0.25, 0.3) is 0 Å². The molecule has 2 atom stereocenters.